The molecule has 142 valence electrons. The number of aliphatic imine (C=N–C) groups is 1. The lowest BCUT2D eigenvalue weighted by Gasteiger charge is -2.36. The molecular weight excluding hydrogens is 328 g/mol. The molecule has 1 aromatic carbocycles. The molecule has 0 bridgehead atoms. The maximum absolute atomic E-state index is 11.5. The second-order valence-electron chi connectivity index (χ2n) is 6.45. The molecule has 0 radical (unpaired) electrons. The molecule has 0 saturated carbocycles. The van der Waals surface area contributed by atoms with Crippen molar-refractivity contribution in [2.45, 2.75) is 6.92 Å². The van der Waals surface area contributed by atoms with Gasteiger partial charge in [-0.2, -0.15) is 0 Å². The molecule has 1 aromatic rings. The molecule has 0 spiro atoms. The van der Waals surface area contributed by atoms with E-state index in [2.05, 4.69) is 56.5 Å². The maximum Gasteiger partial charge on any atom is 0.310 e. The van der Waals surface area contributed by atoms with Gasteiger partial charge in [0.1, 0.15) is 0 Å². The van der Waals surface area contributed by atoms with Crippen LogP contribution in [0.5, 0.6) is 0 Å². The van der Waals surface area contributed by atoms with Gasteiger partial charge in [0, 0.05) is 46.3 Å². The SMILES string of the molecule is CN=C(NCC(C)C(=O)OC)N1CCN(CC=Cc2ccccc2)CC1. The fourth-order valence-corrected chi connectivity index (χ4v) is 2.91. The third-order valence-electron chi connectivity index (χ3n) is 4.53. The minimum absolute atomic E-state index is 0.193. The van der Waals surface area contributed by atoms with Crippen LogP contribution in [0.1, 0.15) is 12.5 Å². The van der Waals surface area contributed by atoms with Crippen molar-refractivity contribution < 1.29 is 9.53 Å². The van der Waals surface area contributed by atoms with Gasteiger partial charge in [0.25, 0.3) is 0 Å². The lowest BCUT2D eigenvalue weighted by atomic mass is 10.2. The topological polar surface area (TPSA) is 57.2 Å². The average Bonchev–Trinajstić information content (AvgIpc) is 2.69. The number of carbonyl (C=O) groups excluding carboxylic acids is 1. The molecule has 1 unspecified atom stereocenters. The van der Waals surface area contributed by atoms with Gasteiger partial charge in [-0.3, -0.25) is 14.7 Å². The first kappa shape index (κ1) is 20.0. The van der Waals surface area contributed by atoms with Gasteiger partial charge >= 0.3 is 5.97 Å². The number of benzene rings is 1. The zero-order valence-corrected chi connectivity index (χ0v) is 16.0. The fourth-order valence-electron chi connectivity index (χ4n) is 2.91. The molecule has 26 heavy (non-hydrogen) atoms. The molecule has 1 aliphatic rings. The van der Waals surface area contributed by atoms with Crippen molar-refractivity contribution in [1.82, 2.24) is 15.1 Å². The van der Waals surface area contributed by atoms with Crippen LogP contribution < -0.4 is 5.32 Å². The molecule has 0 aromatic heterocycles. The molecule has 1 atom stereocenters. The minimum Gasteiger partial charge on any atom is -0.469 e. The van der Waals surface area contributed by atoms with E-state index < -0.39 is 0 Å². The predicted molar refractivity (Wildman–Crippen MR) is 106 cm³/mol. The smallest absolute Gasteiger partial charge is 0.310 e. The number of ether oxygens (including phenoxy) is 1. The number of nitrogens with zero attached hydrogens (tertiary/aromatic N) is 3. The van der Waals surface area contributed by atoms with Crippen molar-refractivity contribution in [3.63, 3.8) is 0 Å². The summed E-state index contributed by atoms with van der Waals surface area (Å²) in [6.45, 7) is 7.16. The molecule has 1 heterocycles. The number of methoxy groups -OCH3 is 1. The van der Waals surface area contributed by atoms with E-state index in [-0.39, 0.29) is 11.9 Å². The van der Waals surface area contributed by atoms with Gasteiger partial charge in [-0.25, -0.2) is 0 Å². The number of guanidine groups is 1. The van der Waals surface area contributed by atoms with Crippen LogP contribution in [0.4, 0.5) is 0 Å². The van der Waals surface area contributed by atoms with Crippen LogP contribution in [0.2, 0.25) is 0 Å². The Kier molecular flexibility index (Phi) is 8.15. The summed E-state index contributed by atoms with van der Waals surface area (Å²) in [5.74, 6) is 0.448. The molecule has 6 heteroatoms. The van der Waals surface area contributed by atoms with Crippen LogP contribution in [-0.2, 0) is 9.53 Å². The van der Waals surface area contributed by atoms with Crippen molar-refractivity contribution in [2.24, 2.45) is 10.9 Å². The van der Waals surface area contributed by atoms with Gasteiger partial charge in [-0.05, 0) is 5.56 Å². The lowest BCUT2D eigenvalue weighted by Crippen LogP contribution is -2.53. The number of rotatable bonds is 6. The quantitative estimate of drug-likeness (QED) is 0.477. The summed E-state index contributed by atoms with van der Waals surface area (Å²) in [7, 11) is 3.19. The molecule has 1 fully saturated rings. The molecule has 0 amide bonds. The first-order valence-corrected chi connectivity index (χ1v) is 9.11. The third-order valence-corrected chi connectivity index (χ3v) is 4.53. The first-order chi connectivity index (χ1) is 12.6. The highest BCUT2D eigenvalue weighted by Crippen LogP contribution is 2.05. The Labute approximate surface area is 156 Å². The van der Waals surface area contributed by atoms with Crippen molar-refractivity contribution in [1.29, 1.82) is 0 Å². The second-order valence-corrected chi connectivity index (χ2v) is 6.45. The molecule has 0 aliphatic carbocycles. The van der Waals surface area contributed by atoms with Crippen LogP contribution in [-0.4, -0.2) is 75.2 Å². The highest BCUT2D eigenvalue weighted by Gasteiger charge is 2.20. The van der Waals surface area contributed by atoms with E-state index in [4.69, 9.17) is 4.74 Å². The van der Waals surface area contributed by atoms with Crippen LogP contribution >= 0.6 is 0 Å². The van der Waals surface area contributed by atoms with E-state index in [1.165, 1.54) is 12.7 Å². The van der Waals surface area contributed by atoms with Crippen LogP contribution in [0.25, 0.3) is 6.08 Å². The maximum atomic E-state index is 11.5. The second kappa shape index (κ2) is 10.6. The summed E-state index contributed by atoms with van der Waals surface area (Å²) >= 11 is 0. The highest BCUT2D eigenvalue weighted by molar-refractivity contribution is 5.81. The summed E-state index contributed by atoms with van der Waals surface area (Å²) in [4.78, 5) is 20.5. The van der Waals surface area contributed by atoms with Gasteiger partial charge in [-0.15, -0.1) is 0 Å². The van der Waals surface area contributed by atoms with Crippen LogP contribution in [0, 0.1) is 5.92 Å². The number of carbonyl (C=O) groups is 1. The number of esters is 1. The summed E-state index contributed by atoms with van der Waals surface area (Å²) in [6, 6.07) is 10.4. The summed E-state index contributed by atoms with van der Waals surface area (Å²) in [5, 5.41) is 3.28. The normalized spacial score (nSPS) is 17.3. The summed E-state index contributed by atoms with van der Waals surface area (Å²) in [6.07, 6.45) is 4.39. The number of piperazine rings is 1. The molecular formula is C20H30N4O2. The molecule has 1 N–H and O–H groups in total. The Bertz CT molecular complexity index is 607. The minimum atomic E-state index is -0.206. The Morgan fingerprint density at radius 1 is 1.27 bits per heavy atom. The van der Waals surface area contributed by atoms with Crippen molar-refractivity contribution >= 4 is 18.0 Å². The van der Waals surface area contributed by atoms with Gasteiger partial charge in [0.15, 0.2) is 5.96 Å². The van der Waals surface area contributed by atoms with E-state index in [1.54, 1.807) is 7.05 Å². The van der Waals surface area contributed by atoms with Crippen molar-refractivity contribution in [2.75, 3.05) is 53.4 Å². The summed E-state index contributed by atoms with van der Waals surface area (Å²) in [5.41, 5.74) is 1.23. The van der Waals surface area contributed by atoms with E-state index in [0.29, 0.717) is 6.54 Å². The van der Waals surface area contributed by atoms with E-state index >= 15 is 0 Å². The van der Waals surface area contributed by atoms with Crippen LogP contribution in [0.3, 0.4) is 0 Å². The first-order valence-electron chi connectivity index (χ1n) is 9.11. The van der Waals surface area contributed by atoms with Gasteiger partial charge in [0.05, 0.1) is 13.0 Å². The Balaban J connectivity index is 1.74. The fraction of sp³-hybridized carbons (Fsp3) is 0.500. The van der Waals surface area contributed by atoms with Crippen molar-refractivity contribution in [3.8, 4) is 0 Å². The standard InChI is InChI=1S/C20H30N4O2/c1-17(19(25)26-3)16-22-20(21-2)24-14-12-23(13-15-24)11-7-10-18-8-5-4-6-9-18/h4-10,17H,11-16H2,1-3H3,(H,21,22). The zero-order chi connectivity index (χ0) is 18.8. The largest absolute Gasteiger partial charge is 0.469 e. The Morgan fingerprint density at radius 2 is 1.96 bits per heavy atom. The van der Waals surface area contributed by atoms with Crippen LogP contribution in [0.15, 0.2) is 41.4 Å². The molecule has 6 nitrogen and oxygen atoms in total. The predicted octanol–water partition coefficient (Wildman–Crippen LogP) is 1.70. The Morgan fingerprint density at radius 3 is 2.58 bits per heavy atom. The lowest BCUT2D eigenvalue weighted by molar-refractivity contribution is -0.144. The van der Waals surface area contributed by atoms with Gasteiger partial charge < -0.3 is 15.0 Å². The summed E-state index contributed by atoms with van der Waals surface area (Å²) < 4.78 is 4.76. The molecule has 1 aliphatic heterocycles. The van der Waals surface area contributed by atoms with Gasteiger partial charge in [0.2, 0.25) is 0 Å². The van der Waals surface area contributed by atoms with E-state index in [1.807, 2.05) is 13.0 Å². The third kappa shape index (κ3) is 6.19. The zero-order valence-electron chi connectivity index (χ0n) is 16.0. The number of hydrogen-bond donors (Lipinski definition) is 1. The number of nitrogens with one attached hydrogen (secondary N) is 1. The van der Waals surface area contributed by atoms with Crippen molar-refractivity contribution in [3.05, 3.63) is 42.0 Å². The molecule has 2 rings (SSSR count). The highest BCUT2D eigenvalue weighted by atomic mass is 16.5. The van der Waals surface area contributed by atoms with E-state index in [9.17, 15) is 4.79 Å². The Hall–Kier alpha value is -2.34. The van der Waals surface area contributed by atoms with E-state index in [0.717, 1.165) is 38.7 Å². The molecule has 1 saturated heterocycles. The monoisotopic (exact) mass is 358 g/mol. The average molecular weight is 358 g/mol. The van der Waals surface area contributed by atoms with Gasteiger partial charge in [-0.1, -0.05) is 49.4 Å². The number of hydrogen-bond acceptors (Lipinski definition) is 4.